The Labute approximate surface area is 163 Å². The van der Waals surface area contributed by atoms with E-state index in [4.69, 9.17) is 4.84 Å². The molecule has 0 unspecified atom stereocenters. The Bertz CT molecular complexity index is 868. The summed E-state index contributed by atoms with van der Waals surface area (Å²) < 4.78 is 49.0. The molecule has 28 heavy (non-hydrogen) atoms. The van der Waals surface area contributed by atoms with E-state index in [-0.39, 0.29) is 17.2 Å². The first-order valence-corrected chi connectivity index (χ1v) is 11.1. The van der Waals surface area contributed by atoms with Crippen molar-refractivity contribution >= 4 is 21.5 Å². The highest BCUT2D eigenvalue weighted by Gasteiger charge is 2.43. The molecule has 2 aliphatic heterocycles. The number of hydrogen-bond acceptors (Lipinski definition) is 5. The van der Waals surface area contributed by atoms with Crippen LogP contribution in [0, 0.1) is 0 Å². The van der Waals surface area contributed by atoms with Crippen LogP contribution in [0.3, 0.4) is 0 Å². The van der Waals surface area contributed by atoms with Crippen LogP contribution in [0.1, 0.15) is 44.6 Å². The number of oxime groups is 1. The second kappa shape index (κ2) is 7.42. The quantitative estimate of drug-likeness (QED) is 0.742. The highest BCUT2D eigenvalue weighted by Crippen LogP contribution is 2.36. The molecule has 6 nitrogen and oxygen atoms in total. The van der Waals surface area contributed by atoms with Crippen LogP contribution in [0.15, 0.2) is 34.3 Å². The number of alkyl halides is 2. The van der Waals surface area contributed by atoms with Crippen LogP contribution >= 0.6 is 0 Å². The molecule has 0 aromatic heterocycles. The molecule has 1 saturated heterocycles. The average molecular weight is 414 g/mol. The predicted octanol–water partition coefficient (Wildman–Crippen LogP) is 3.01. The first-order chi connectivity index (χ1) is 13.0. The Balaban J connectivity index is 1.56. The number of likely N-dealkylation sites (tertiary alicyclic amines) is 1. The van der Waals surface area contributed by atoms with Crippen LogP contribution in [0.25, 0.3) is 0 Å². The predicted molar refractivity (Wildman–Crippen MR) is 100 cm³/mol. The SMILES string of the molecule is CC(F)(F)CCC(=O)N1CCC2(CC1)CC(c1ccc(S(C)(=O)=O)cc1)=NO2. The summed E-state index contributed by atoms with van der Waals surface area (Å²) in [5.41, 5.74) is 1.05. The fraction of sp³-hybridized carbons (Fsp3) is 0.579. The summed E-state index contributed by atoms with van der Waals surface area (Å²) in [5, 5.41) is 4.18. The lowest BCUT2D eigenvalue weighted by Crippen LogP contribution is -2.47. The van der Waals surface area contributed by atoms with E-state index in [2.05, 4.69) is 5.16 Å². The number of nitrogens with zero attached hydrogens (tertiary/aromatic N) is 2. The molecule has 0 aliphatic carbocycles. The third-order valence-electron chi connectivity index (χ3n) is 5.26. The molecule has 1 aromatic carbocycles. The third-order valence-corrected chi connectivity index (χ3v) is 6.39. The lowest BCUT2D eigenvalue weighted by Gasteiger charge is -2.37. The molecule has 9 heteroatoms. The molecule has 2 aliphatic rings. The van der Waals surface area contributed by atoms with Gasteiger partial charge in [0.05, 0.1) is 10.6 Å². The van der Waals surface area contributed by atoms with Crippen molar-refractivity contribution in [2.75, 3.05) is 19.3 Å². The van der Waals surface area contributed by atoms with E-state index in [0.29, 0.717) is 32.4 Å². The van der Waals surface area contributed by atoms with E-state index in [9.17, 15) is 22.0 Å². The van der Waals surface area contributed by atoms with Gasteiger partial charge in [0.15, 0.2) is 9.84 Å². The van der Waals surface area contributed by atoms with Gasteiger partial charge in [0.25, 0.3) is 0 Å². The maximum atomic E-state index is 12.9. The molecular weight excluding hydrogens is 390 g/mol. The Morgan fingerprint density at radius 3 is 2.39 bits per heavy atom. The smallest absolute Gasteiger partial charge is 0.245 e. The first-order valence-electron chi connectivity index (χ1n) is 9.19. The van der Waals surface area contributed by atoms with E-state index in [1.165, 1.54) is 0 Å². The molecule has 0 saturated carbocycles. The standard InChI is InChI=1S/C19H24F2N2O4S/c1-18(20,21)8-7-17(24)23-11-9-19(10-12-23)13-16(22-27-19)14-3-5-15(6-4-14)28(2,25)26/h3-6H,7-13H2,1-2H3. The first kappa shape index (κ1) is 20.7. The zero-order chi connectivity index (χ0) is 20.6. The minimum Gasteiger partial charge on any atom is -0.388 e. The van der Waals surface area contributed by atoms with Gasteiger partial charge >= 0.3 is 0 Å². The summed E-state index contributed by atoms with van der Waals surface area (Å²) in [6.45, 7) is 1.72. The minimum absolute atomic E-state index is 0.161. The summed E-state index contributed by atoms with van der Waals surface area (Å²) in [5.74, 6) is -3.09. The number of hydrogen-bond donors (Lipinski definition) is 0. The van der Waals surface area contributed by atoms with E-state index in [0.717, 1.165) is 24.5 Å². The largest absolute Gasteiger partial charge is 0.388 e. The van der Waals surface area contributed by atoms with Gasteiger partial charge in [-0.3, -0.25) is 4.79 Å². The molecule has 2 heterocycles. The van der Waals surface area contributed by atoms with Crippen LogP contribution < -0.4 is 0 Å². The highest BCUT2D eigenvalue weighted by atomic mass is 32.2. The summed E-state index contributed by atoms with van der Waals surface area (Å²) in [6.07, 6.45) is 2.28. The molecule has 3 rings (SSSR count). The topological polar surface area (TPSA) is 76.0 Å². The number of sulfone groups is 1. The minimum atomic E-state index is -3.25. The van der Waals surface area contributed by atoms with E-state index < -0.39 is 27.8 Å². The number of halogens is 2. The van der Waals surface area contributed by atoms with Crippen LogP contribution in [0.5, 0.6) is 0 Å². The number of carbonyl (C=O) groups is 1. The van der Waals surface area contributed by atoms with Gasteiger partial charge in [-0.25, -0.2) is 17.2 Å². The fourth-order valence-electron chi connectivity index (χ4n) is 3.49. The third kappa shape index (κ3) is 4.87. The molecule has 0 radical (unpaired) electrons. The summed E-state index contributed by atoms with van der Waals surface area (Å²) in [4.78, 5) is 19.7. The van der Waals surface area contributed by atoms with Gasteiger partial charge < -0.3 is 9.74 Å². The van der Waals surface area contributed by atoms with E-state index >= 15 is 0 Å². The van der Waals surface area contributed by atoms with Crippen LogP contribution in [0.2, 0.25) is 0 Å². The van der Waals surface area contributed by atoms with Gasteiger partial charge in [-0.2, -0.15) is 0 Å². The van der Waals surface area contributed by atoms with Crippen molar-refractivity contribution in [2.24, 2.45) is 5.16 Å². The van der Waals surface area contributed by atoms with Gasteiger partial charge in [-0.05, 0) is 24.6 Å². The molecule has 1 aromatic rings. The summed E-state index contributed by atoms with van der Waals surface area (Å²) in [6, 6.07) is 6.51. The molecular formula is C19H24F2N2O4S. The van der Waals surface area contributed by atoms with Crippen LogP contribution in [0.4, 0.5) is 8.78 Å². The van der Waals surface area contributed by atoms with Crippen molar-refractivity contribution in [3.63, 3.8) is 0 Å². The number of rotatable bonds is 5. The number of amides is 1. The number of carbonyl (C=O) groups excluding carboxylic acids is 1. The maximum absolute atomic E-state index is 12.9. The van der Waals surface area contributed by atoms with Crippen molar-refractivity contribution in [3.05, 3.63) is 29.8 Å². The molecule has 0 bridgehead atoms. The Kier molecular flexibility index (Phi) is 5.49. The maximum Gasteiger partial charge on any atom is 0.245 e. The highest BCUT2D eigenvalue weighted by molar-refractivity contribution is 7.90. The molecule has 1 fully saturated rings. The number of benzene rings is 1. The van der Waals surface area contributed by atoms with Gasteiger partial charge in [-0.15, -0.1) is 0 Å². The van der Waals surface area contributed by atoms with Crippen molar-refractivity contribution in [2.45, 2.75) is 55.4 Å². The van der Waals surface area contributed by atoms with Gasteiger partial charge in [0, 0.05) is 51.4 Å². The van der Waals surface area contributed by atoms with Crippen molar-refractivity contribution in [3.8, 4) is 0 Å². The van der Waals surface area contributed by atoms with Gasteiger partial charge in [0.2, 0.25) is 11.8 Å². The van der Waals surface area contributed by atoms with Crippen molar-refractivity contribution in [1.82, 2.24) is 4.90 Å². The monoisotopic (exact) mass is 414 g/mol. The lowest BCUT2D eigenvalue weighted by atomic mass is 9.85. The normalized spacial score (nSPS) is 19.4. The molecule has 1 amide bonds. The number of piperidine rings is 1. The van der Waals surface area contributed by atoms with Crippen molar-refractivity contribution < 1.29 is 26.8 Å². The van der Waals surface area contributed by atoms with Gasteiger partial charge in [-0.1, -0.05) is 17.3 Å². The fourth-order valence-corrected chi connectivity index (χ4v) is 4.12. The van der Waals surface area contributed by atoms with Crippen molar-refractivity contribution in [1.29, 1.82) is 0 Å². The second-order valence-corrected chi connectivity index (χ2v) is 9.75. The Morgan fingerprint density at radius 1 is 1.25 bits per heavy atom. The van der Waals surface area contributed by atoms with E-state index in [1.807, 2.05) is 0 Å². The second-order valence-electron chi connectivity index (χ2n) is 7.74. The molecule has 1 spiro atoms. The lowest BCUT2D eigenvalue weighted by molar-refractivity contribution is -0.138. The summed E-state index contributed by atoms with van der Waals surface area (Å²) in [7, 11) is -3.25. The van der Waals surface area contributed by atoms with E-state index in [1.54, 1.807) is 29.2 Å². The average Bonchev–Trinajstić information content (AvgIpc) is 3.03. The molecule has 0 atom stereocenters. The molecule has 154 valence electrons. The zero-order valence-electron chi connectivity index (χ0n) is 16.0. The van der Waals surface area contributed by atoms with Gasteiger partial charge in [0.1, 0.15) is 5.60 Å². The summed E-state index contributed by atoms with van der Waals surface area (Å²) >= 11 is 0. The van der Waals surface area contributed by atoms with Crippen LogP contribution in [-0.4, -0.2) is 55.8 Å². The molecule has 0 N–H and O–H groups in total. The Morgan fingerprint density at radius 2 is 1.86 bits per heavy atom. The zero-order valence-corrected chi connectivity index (χ0v) is 16.8. The van der Waals surface area contributed by atoms with Crippen LogP contribution in [-0.2, 0) is 19.5 Å². The Hall–Kier alpha value is -2.03.